The first-order valence-corrected chi connectivity index (χ1v) is 10.7. The summed E-state index contributed by atoms with van der Waals surface area (Å²) in [6, 6.07) is 8.84. The Labute approximate surface area is 173 Å². The average molecular weight is 442 g/mol. The van der Waals surface area contributed by atoms with Crippen LogP contribution in [0.15, 0.2) is 42.5 Å². The Morgan fingerprint density at radius 2 is 1.97 bits per heavy atom. The normalized spacial score (nSPS) is 12.1. The van der Waals surface area contributed by atoms with E-state index < -0.39 is 26.9 Å². The summed E-state index contributed by atoms with van der Waals surface area (Å²) >= 11 is 6.06. The third-order valence-corrected chi connectivity index (χ3v) is 5.57. The molecule has 11 heteroatoms. The van der Waals surface area contributed by atoms with Crippen molar-refractivity contribution in [1.29, 1.82) is 0 Å². The molecule has 0 unspecified atom stereocenters. The number of carbonyl (C=O) groups is 1. The highest BCUT2D eigenvalue weighted by Gasteiger charge is 2.34. The van der Waals surface area contributed by atoms with Gasteiger partial charge in [0, 0.05) is 12.1 Å². The molecule has 0 fully saturated rings. The molecule has 0 spiro atoms. The molecule has 156 valence electrons. The fraction of sp³-hybridized carbons (Fsp3) is 0.278. The van der Waals surface area contributed by atoms with Crippen LogP contribution >= 0.6 is 11.6 Å². The van der Waals surface area contributed by atoms with Crippen LogP contribution in [0.2, 0.25) is 5.02 Å². The van der Waals surface area contributed by atoms with Gasteiger partial charge in [0.1, 0.15) is 17.5 Å². The first kappa shape index (κ1) is 22.4. The molecule has 1 N–H and O–H groups in total. The van der Waals surface area contributed by atoms with E-state index in [4.69, 9.17) is 16.3 Å². The molecule has 0 saturated carbocycles. The number of amides is 1. The van der Waals surface area contributed by atoms with Gasteiger partial charge >= 0.3 is 0 Å². The van der Waals surface area contributed by atoms with Crippen molar-refractivity contribution in [1.82, 2.24) is 0 Å². The van der Waals surface area contributed by atoms with Crippen LogP contribution < -0.4 is 14.4 Å². The van der Waals surface area contributed by atoms with Crippen LogP contribution in [0.4, 0.5) is 17.1 Å². The molecule has 1 atom stereocenters. The summed E-state index contributed by atoms with van der Waals surface area (Å²) in [5.74, 6) is -0.565. The number of methoxy groups -OCH3 is 1. The van der Waals surface area contributed by atoms with Crippen molar-refractivity contribution < 1.29 is 22.9 Å². The van der Waals surface area contributed by atoms with E-state index in [2.05, 4.69) is 5.32 Å². The molecule has 1 amide bonds. The second-order valence-electron chi connectivity index (χ2n) is 6.07. The minimum Gasteiger partial charge on any atom is -0.495 e. The highest BCUT2D eigenvalue weighted by molar-refractivity contribution is 7.92. The van der Waals surface area contributed by atoms with Crippen LogP contribution in [0.5, 0.6) is 5.75 Å². The predicted molar refractivity (Wildman–Crippen MR) is 111 cm³/mol. The van der Waals surface area contributed by atoms with Crippen LogP contribution in [0.25, 0.3) is 0 Å². The second-order valence-corrected chi connectivity index (χ2v) is 8.33. The molecule has 0 aromatic heterocycles. The lowest BCUT2D eigenvalue weighted by molar-refractivity contribution is -0.384. The first-order chi connectivity index (χ1) is 13.6. The fourth-order valence-electron chi connectivity index (χ4n) is 2.78. The molecule has 0 aliphatic rings. The van der Waals surface area contributed by atoms with Gasteiger partial charge in [-0.15, -0.1) is 0 Å². The Morgan fingerprint density at radius 3 is 2.48 bits per heavy atom. The van der Waals surface area contributed by atoms with Crippen LogP contribution in [0, 0.1) is 10.1 Å². The molecule has 0 aliphatic heterocycles. The summed E-state index contributed by atoms with van der Waals surface area (Å²) in [7, 11) is -2.71. The van der Waals surface area contributed by atoms with Gasteiger partial charge in [-0.05, 0) is 24.6 Å². The van der Waals surface area contributed by atoms with Gasteiger partial charge in [0.25, 0.3) is 5.69 Å². The van der Waals surface area contributed by atoms with E-state index in [0.717, 1.165) is 16.6 Å². The van der Waals surface area contributed by atoms with E-state index in [1.54, 1.807) is 31.2 Å². The third kappa shape index (κ3) is 5.15. The quantitative estimate of drug-likeness (QED) is 0.495. The maximum Gasteiger partial charge on any atom is 0.271 e. The summed E-state index contributed by atoms with van der Waals surface area (Å²) < 4.78 is 31.2. The number of non-ortho nitro benzene ring substituents is 1. The van der Waals surface area contributed by atoms with Gasteiger partial charge < -0.3 is 10.1 Å². The van der Waals surface area contributed by atoms with Crippen molar-refractivity contribution >= 4 is 44.6 Å². The van der Waals surface area contributed by atoms with Crippen molar-refractivity contribution in [3.05, 3.63) is 57.6 Å². The number of benzene rings is 2. The van der Waals surface area contributed by atoms with E-state index in [9.17, 15) is 23.3 Å². The number of nitrogens with zero attached hydrogens (tertiary/aromatic N) is 2. The maximum absolute atomic E-state index is 12.9. The number of ether oxygens (including phenoxy) is 1. The molecular formula is C18H20ClN3O6S. The molecule has 2 aromatic rings. The van der Waals surface area contributed by atoms with Gasteiger partial charge in [0.05, 0.1) is 29.0 Å². The van der Waals surface area contributed by atoms with Crippen LogP contribution in [-0.4, -0.2) is 38.7 Å². The first-order valence-electron chi connectivity index (χ1n) is 8.47. The van der Waals surface area contributed by atoms with Crippen LogP contribution in [0.3, 0.4) is 0 Å². The lowest BCUT2D eigenvalue weighted by Crippen LogP contribution is -2.47. The number of sulfonamides is 1. The number of rotatable bonds is 8. The molecule has 0 radical (unpaired) electrons. The van der Waals surface area contributed by atoms with Crippen LogP contribution in [0.1, 0.15) is 13.3 Å². The maximum atomic E-state index is 12.9. The summed E-state index contributed by atoms with van der Waals surface area (Å²) in [6.45, 7) is 1.62. The molecule has 2 aromatic carbocycles. The predicted octanol–water partition coefficient (Wildman–Crippen LogP) is 3.44. The van der Waals surface area contributed by atoms with E-state index in [1.165, 1.54) is 19.2 Å². The minimum atomic E-state index is -4.01. The zero-order valence-electron chi connectivity index (χ0n) is 16.0. The van der Waals surface area contributed by atoms with Gasteiger partial charge in [-0.25, -0.2) is 8.42 Å². The number of para-hydroxylation sites is 1. The number of nitrogens with one attached hydrogen (secondary N) is 1. The third-order valence-electron chi connectivity index (χ3n) is 4.07. The van der Waals surface area contributed by atoms with E-state index in [0.29, 0.717) is 5.69 Å². The van der Waals surface area contributed by atoms with E-state index in [1.807, 2.05) is 0 Å². The summed E-state index contributed by atoms with van der Waals surface area (Å²) in [6.07, 6.45) is 1.01. The molecule has 0 saturated heterocycles. The Morgan fingerprint density at radius 1 is 1.31 bits per heavy atom. The monoisotopic (exact) mass is 441 g/mol. The highest BCUT2D eigenvalue weighted by atomic mass is 35.5. The van der Waals surface area contributed by atoms with Gasteiger partial charge in [0.2, 0.25) is 15.9 Å². The highest BCUT2D eigenvalue weighted by Crippen LogP contribution is 2.36. The Hall–Kier alpha value is -2.85. The number of hydrogen-bond acceptors (Lipinski definition) is 6. The molecule has 29 heavy (non-hydrogen) atoms. The lowest BCUT2D eigenvalue weighted by Gasteiger charge is -2.31. The van der Waals surface area contributed by atoms with Gasteiger partial charge in [-0.2, -0.15) is 0 Å². The Balaban J connectivity index is 2.56. The van der Waals surface area contributed by atoms with Crippen LogP contribution in [-0.2, 0) is 14.8 Å². The minimum absolute atomic E-state index is 0.0741. The zero-order chi connectivity index (χ0) is 21.8. The number of halogens is 1. The van der Waals surface area contributed by atoms with Crippen molar-refractivity contribution in [2.45, 2.75) is 19.4 Å². The van der Waals surface area contributed by atoms with Crippen molar-refractivity contribution in [3.63, 3.8) is 0 Å². The number of nitro benzene ring substituents is 1. The Kier molecular flexibility index (Phi) is 7.04. The molecule has 0 heterocycles. The summed E-state index contributed by atoms with van der Waals surface area (Å²) in [4.78, 5) is 23.4. The SMILES string of the molecule is CC[C@H](C(=O)Nc1ccccc1Cl)N(c1cc([N+](=O)[O-])ccc1OC)S(C)(=O)=O. The largest absolute Gasteiger partial charge is 0.495 e. The van der Waals surface area contributed by atoms with Gasteiger partial charge in [-0.3, -0.25) is 19.2 Å². The average Bonchev–Trinajstić information content (AvgIpc) is 2.66. The second kappa shape index (κ2) is 9.10. The van der Waals surface area contributed by atoms with E-state index in [-0.39, 0.29) is 28.6 Å². The number of carbonyl (C=O) groups excluding carboxylic acids is 1. The summed E-state index contributed by atoms with van der Waals surface area (Å²) in [5.41, 5.74) is -0.127. The van der Waals surface area contributed by atoms with Crippen molar-refractivity contribution in [3.8, 4) is 5.75 Å². The number of anilines is 2. The van der Waals surface area contributed by atoms with Gasteiger partial charge in [0.15, 0.2) is 0 Å². The molecule has 0 aliphatic carbocycles. The van der Waals surface area contributed by atoms with Crippen molar-refractivity contribution in [2.24, 2.45) is 0 Å². The topological polar surface area (TPSA) is 119 Å². The number of hydrogen-bond donors (Lipinski definition) is 1. The zero-order valence-corrected chi connectivity index (χ0v) is 17.5. The molecule has 0 bridgehead atoms. The molecule has 2 rings (SSSR count). The van der Waals surface area contributed by atoms with E-state index >= 15 is 0 Å². The standard InChI is InChI=1S/C18H20ClN3O6S/c1-4-15(18(23)20-14-8-6-5-7-13(14)19)21(29(3,26)27)16-11-12(22(24)25)9-10-17(16)28-2/h5-11,15H,4H2,1-3H3,(H,20,23)/t15-/m1/s1. The number of nitro groups is 1. The fourth-order valence-corrected chi connectivity index (χ4v) is 4.17. The summed E-state index contributed by atoms with van der Waals surface area (Å²) in [5, 5.41) is 14.1. The lowest BCUT2D eigenvalue weighted by atomic mass is 10.1. The smallest absolute Gasteiger partial charge is 0.271 e. The Bertz CT molecular complexity index is 1030. The van der Waals surface area contributed by atoms with Gasteiger partial charge in [-0.1, -0.05) is 30.7 Å². The van der Waals surface area contributed by atoms with Crippen molar-refractivity contribution in [2.75, 3.05) is 23.0 Å². The molecular weight excluding hydrogens is 422 g/mol. The molecule has 9 nitrogen and oxygen atoms in total.